The Bertz CT molecular complexity index is 761. The highest BCUT2D eigenvalue weighted by molar-refractivity contribution is 5.98. The third-order valence-corrected chi connectivity index (χ3v) is 4.11. The second-order valence-corrected chi connectivity index (χ2v) is 5.86. The first kappa shape index (κ1) is 19.0. The minimum atomic E-state index is -0.490. The second kappa shape index (κ2) is 8.13. The topological polar surface area (TPSA) is 79.3 Å². The van der Waals surface area contributed by atoms with Gasteiger partial charge in [-0.15, -0.1) is 12.4 Å². The number of hydrogen-bond acceptors (Lipinski definition) is 4. The third kappa shape index (κ3) is 4.18. The molecule has 7 nitrogen and oxygen atoms in total. The average Bonchev–Trinajstić information content (AvgIpc) is 3.17. The molecule has 1 aromatic carbocycles. The molecule has 0 bridgehead atoms. The van der Waals surface area contributed by atoms with Gasteiger partial charge in [-0.2, -0.15) is 5.10 Å². The van der Waals surface area contributed by atoms with Gasteiger partial charge in [-0.05, 0) is 31.7 Å². The number of amides is 2. The van der Waals surface area contributed by atoms with E-state index in [1.54, 1.807) is 29.0 Å². The van der Waals surface area contributed by atoms with Crippen molar-refractivity contribution in [1.82, 2.24) is 15.1 Å². The zero-order valence-corrected chi connectivity index (χ0v) is 15.0. The van der Waals surface area contributed by atoms with Crippen molar-refractivity contribution in [1.29, 1.82) is 0 Å². The van der Waals surface area contributed by atoms with Crippen molar-refractivity contribution in [3.8, 4) is 0 Å². The van der Waals surface area contributed by atoms with E-state index in [0.717, 1.165) is 24.2 Å². The van der Waals surface area contributed by atoms with Crippen molar-refractivity contribution in [3.63, 3.8) is 0 Å². The molecule has 8 heteroatoms. The Kier molecular flexibility index (Phi) is 6.17. The van der Waals surface area contributed by atoms with Gasteiger partial charge in [0.05, 0.1) is 6.20 Å². The molecule has 0 radical (unpaired) electrons. The summed E-state index contributed by atoms with van der Waals surface area (Å²) in [6.07, 6.45) is 4.93. The number of anilines is 2. The van der Waals surface area contributed by atoms with Gasteiger partial charge in [-0.1, -0.05) is 6.07 Å². The molecule has 1 saturated heterocycles. The smallest absolute Gasteiger partial charge is 0.246 e. The predicted molar refractivity (Wildman–Crippen MR) is 98.9 cm³/mol. The summed E-state index contributed by atoms with van der Waals surface area (Å²) in [5.74, 6) is -0.0441. The van der Waals surface area contributed by atoms with Crippen LogP contribution >= 0.6 is 12.4 Å². The number of aryl methyl sites for hydroxylation is 1. The van der Waals surface area contributed by atoms with Gasteiger partial charge in [0.2, 0.25) is 11.8 Å². The van der Waals surface area contributed by atoms with Crippen LogP contribution < -0.4 is 15.5 Å². The van der Waals surface area contributed by atoms with Crippen LogP contribution in [0.5, 0.6) is 0 Å². The van der Waals surface area contributed by atoms with E-state index in [4.69, 9.17) is 0 Å². The van der Waals surface area contributed by atoms with Gasteiger partial charge >= 0.3 is 0 Å². The van der Waals surface area contributed by atoms with Gasteiger partial charge in [0, 0.05) is 43.1 Å². The van der Waals surface area contributed by atoms with E-state index >= 15 is 0 Å². The van der Waals surface area contributed by atoms with Crippen LogP contribution in [0.15, 0.2) is 36.7 Å². The number of hydrogen-bond donors (Lipinski definition) is 2. The van der Waals surface area contributed by atoms with Gasteiger partial charge in [-0.3, -0.25) is 14.3 Å². The summed E-state index contributed by atoms with van der Waals surface area (Å²) in [4.78, 5) is 26.2. The largest absolute Gasteiger partial charge is 0.324 e. The quantitative estimate of drug-likeness (QED) is 0.850. The maximum Gasteiger partial charge on any atom is 0.246 e. The molecule has 134 valence electrons. The highest BCUT2D eigenvalue weighted by Gasteiger charge is 2.23. The normalized spacial score (nSPS) is 15.0. The maximum absolute atomic E-state index is 12.6. The number of likely N-dealkylation sites (N-methyl/N-ethyl adjacent to an activating group) is 1. The Morgan fingerprint density at radius 1 is 1.36 bits per heavy atom. The number of aromatic nitrogens is 2. The molecule has 0 aliphatic carbocycles. The molecule has 1 atom stereocenters. The lowest BCUT2D eigenvalue weighted by Gasteiger charge is -2.18. The number of carbonyl (C=O) groups excluding carboxylic acids is 2. The van der Waals surface area contributed by atoms with Crippen LogP contribution in [-0.4, -0.2) is 35.2 Å². The van der Waals surface area contributed by atoms with E-state index in [-0.39, 0.29) is 24.2 Å². The summed E-state index contributed by atoms with van der Waals surface area (Å²) >= 11 is 0. The molecule has 1 aliphatic rings. The molecular weight excluding hydrogens is 342 g/mol. The fraction of sp³-hybridized carbons (Fsp3) is 0.353. The summed E-state index contributed by atoms with van der Waals surface area (Å²) < 4.78 is 1.66. The van der Waals surface area contributed by atoms with Gasteiger partial charge in [0.25, 0.3) is 0 Å². The maximum atomic E-state index is 12.6. The minimum absolute atomic E-state index is 0. The number of rotatable bonds is 5. The molecule has 0 saturated carbocycles. The zero-order valence-electron chi connectivity index (χ0n) is 14.2. The molecule has 2 N–H and O–H groups in total. The van der Waals surface area contributed by atoms with Crippen LogP contribution in [0, 0.1) is 0 Å². The summed E-state index contributed by atoms with van der Waals surface area (Å²) in [7, 11) is 3.54. The molecule has 25 heavy (non-hydrogen) atoms. The van der Waals surface area contributed by atoms with Crippen molar-refractivity contribution in [3.05, 3.63) is 42.2 Å². The Morgan fingerprint density at radius 3 is 2.76 bits per heavy atom. The van der Waals surface area contributed by atoms with Crippen LogP contribution in [0.3, 0.4) is 0 Å². The molecule has 0 spiro atoms. The molecule has 3 rings (SSSR count). The van der Waals surface area contributed by atoms with Crippen molar-refractivity contribution in [2.45, 2.75) is 18.9 Å². The molecule has 2 aromatic rings. The number of nitrogens with one attached hydrogen (secondary N) is 2. The van der Waals surface area contributed by atoms with Crippen molar-refractivity contribution in [2.24, 2.45) is 7.05 Å². The number of nitrogens with zero attached hydrogens (tertiary/aromatic N) is 3. The molecule has 2 amide bonds. The van der Waals surface area contributed by atoms with Crippen LogP contribution in [0.2, 0.25) is 0 Å². The summed E-state index contributed by atoms with van der Waals surface area (Å²) in [5, 5.41) is 10.0. The number of halogens is 1. The van der Waals surface area contributed by atoms with Crippen LogP contribution in [0.1, 0.15) is 24.4 Å². The Morgan fingerprint density at radius 2 is 2.16 bits per heavy atom. The second-order valence-electron chi connectivity index (χ2n) is 5.86. The van der Waals surface area contributed by atoms with Gasteiger partial charge in [0.15, 0.2) is 0 Å². The van der Waals surface area contributed by atoms with Crippen molar-refractivity contribution < 1.29 is 9.59 Å². The van der Waals surface area contributed by atoms with E-state index in [9.17, 15) is 9.59 Å². The van der Waals surface area contributed by atoms with Gasteiger partial charge in [0.1, 0.15) is 6.04 Å². The molecule has 1 fully saturated rings. The molecule has 1 unspecified atom stereocenters. The highest BCUT2D eigenvalue weighted by atomic mass is 35.5. The van der Waals surface area contributed by atoms with E-state index in [1.165, 1.54) is 0 Å². The van der Waals surface area contributed by atoms with Gasteiger partial charge in [-0.25, -0.2) is 0 Å². The van der Waals surface area contributed by atoms with Crippen LogP contribution in [0.4, 0.5) is 11.4 Å². The first-order valence-corrected chi connectivity index (χ1v) is 7.95. The standard InChI is InChI=1S/C17H21N5O2.ClH/c1-18-16(12-10-19-21(2)11-12)17(24)20-13-5-3-6-14(9-13)22-8-4-7-15(22)23;/h3,5-6,9-11,16,18H,4,7-8H2,1-2H3,(H,20,24);1H. The van der Waals surface area contributed by atoms with Crippen LogP contribution in [-0.2, 0) is 16.6 Å². The van der Waals surface area contributed by atoms with Crippen LogP contribution in [0.25, 0.3) is 0 Å². The monoisotopic (exact) mass is 363 g/mol. The lowest BCUT2D eigenvalue weighted by Crippen LogP contribution is -2.30. The molecule has 1 aromatic heterocycles. The highest BCUT2D eigenvalue weighted by Crippen LogP contribution is 2.25. The predicted octanol–water partition coefficient (Wildman–Crippen LogP) is 1.87. The molecule has 2 heterocycles. The molecule has 1 aliphatic heterocycles. The summed E-state index contributed by atoms with van der Waals surface area (Å²) in [6.45, 7) is 0.727. The van der Waals surface area contributed by atoms with Crippen molar-refractivity contribution in [2.75, 3.05) is 23.8 Å². The summed E-state index contributed by atoms with van der Waals surface area (Å²) in [6, 6.07) is 6.88. The average molecular weight is 364 g/mol. The fourth-order valence-electron chi connectivity index (χ4n) is 2.93. The fourth-order valence-corrected chi connectivity index (χ4v) is 2.93. The first-order chi connectivity index (χ1) is 11.6. The third-order valence-electron chi connectivity index (χ3n) is 4.11. The lowest BCUT2D eigenvalue weighted by molar-refractivity contribution is -0.118. The first-order valence-electron chi connectivity index (χ1n) is 7.95. The van der Waals surface area contributed by atoms with E-state index < -0.39 is 6.04 Å². The summed E-state index contributed by atoms with van der Waals surface area (Å²) in [5.41, 5.74) is 2.28. The Hall–Kier alpha value is -2.38. The zero-order chi connectivity index (χ0) is 17.1. The number of carbonyl (C=O) groups is 2. The van der Waals surface area contributed by atoms with E-state index in [2.05, 4.69) is 15.7 Å². The number of benzene rings is 1. The van der Waals surface area contributed by atoms with Gasteiger partial charge < -0.3 is 15.5 Å². The molecular formula is C17H22ClN5O2. The van der Waals surface area contributed by atoms with Crippen molar-refractivity contribution >= 4 is 35.6 Å². The Balaban J connectivity index is 0.00000225. The van der Waals surface area contributed by atoms with E-state index in [0.29, 0.717) is 12.1 Å². The van der Waals surface area contributed by atoms with E-state index in [1.807, 2.05) is 31.3 Å². The Labute approximate surface area is 152 Å². The lowest BCUT2D eigenvalue weighted by atomic mass is 10.1. The minimum Gasteiger partial charge on any atom is -0.324 e. The SMILES string of the molecule is CNC(C(=O)Nc1cccc(N2CCCC2=O)c1)c1cnn(C)c1.Cl.